The highest BCUT2D eigenvalue weighted by molar-refractivity contribution is 7.90. The summed E-state index contributed by atoms with van der Waals surface area (Å²) in [4.78, 5) is 11.8. The third-order valence-corrected chi connectivity index (χ3v) is 5.43. The standard InChI is InChI=1S/C13H12O4S2/c1-9-4-5-11(7-12(9)13(14)15)19(16,17)8-10-3-2-6-18-10/h2-7H,8H2,1H3,(H,14,15). The molecule has 0 aliphatic rings. The minimum Gasteiger partial charge on any atom is -0.478 e. The summed E-state index contributed by atoms with van der Waals surface area (Å²) in [7, 11) is -3.51. The van der Waals surface area contributed by atoms with E-state index in [1.165, 1.54) is 29.5 Å². The zero-order chi connectivity index (χ0) is 14.0. The van der Waals surface area contributed by atoms with E-state index in [0.717, 1.165) is 4.88 Å². The van der Waals surface area contributed by atoms with E-state index in [0.29, 0.717) is 5.56 Å². The summed E-state index contributed by atoms with van der Waals surface area (Å²) >= 11 is 1.36. The van der Waals surface area contributed by atoms with Crippen LogP contribution in [0.1, 0.15) is 20.8 Å². The van der Waals surface area contributed by atoms with Gasteiger partial charge in [0.15, 0.2) is 9.84 Å². The largest absolute Gasteiger partial charge is 0.478 e. The van der Waals surface area contributed by atoms with Crippen LogP contribution in [0.15, 0.2) is 40.6 Å². The zero-order valence-corrected chi connectivity index (χ0v) is 11.8. The highest BCUT2D eigenvalue weighted by atomic mass is 32.2. The fourth-order valence-electron chi connectivity index (χ4n) is 1.69. The molecule has 0 unspecified atom stereocenters. The van der Waals surface area contributed by atoms with Gasteiger partial charge in [-0.2, -0.15) is 0 Å². The average molecular weight is 296 g/mol. The molecule has 0 bridgehead atoms. The molecule has 1 N–H and O–H groups in total. The molecule has 2 rings (SSSR count). The Morgan fingerprint density at radius 1 is 1.32 bits per heavy atom. The molecule has 1 aromatic heterocycles. The number of hydrogen-bond donors (Lipinski definition) is 1. The fraction of sp³-hybridized carbons (Fsp3) is 0.154. The Kier molecular flexibility index (Phi) is 3.73. The first-order valence-electron chi connectivity index (χ1n) is 5.49. The number of sulfone groups is 1. The number of benzene rings is 1. The lowest BCUT2D eigenvalue weighted by Gasteiger charge is -2.06. The van der Waals surface area contributed by atoms with E-state index in [4.69, 9.17) is 5.11 Å². The summed E-state index contributed by atoms with van der Waals surface area (Å²) in [5.41, 5.74) is 0.565. The van der Waals surface area contributed by atoms with Crippen LogP contribution in [-0.2, 0) is 15.6 Å². The van der Waals surface area contributed by atoms with Crippen LogP contribution in [0.3, 0.4) is 0 Å². The molecule has 2 aromatic rings. The number of aryl methyl sites for hydroxylation is 1. The fourth-order valence-corrected chi connectivity index (χ4v) is 4.13. The monoisotopic (exact) mass is 296 g/mol. The molecule has 0 aliphatic heterocycles. The lowest BCUT2D eigenvalue weighted by molar-refractivity contribution is 0.0696. The number of hydrogen-bond acceptors (Lipinski definition) is 4. The van der Waals surface area contributed by atoms with Gasteiger partial charge in [-0.3, -0.25) is 0 Å². The maximum atomic E-state index is 12.2. The average Bonchev–Trinajstić information content (AvgIpc) is 2.80. The Balaban J connectivity index is 2.41. The lowest BCUT2D eigenvalue weighted by Crippen LogP contribution is -2.07. The molecule has 100 valence electrons. The summed E-state index contributed by atoms with van der Waals surface area (Å²) < 4.78 is 24.4. The molecular formula is C13H12O4S2. The van der Waals surface area contributed by atoms with Gasteiger partial charge in [0.1, 0.15) is 0 Å². The van der Waals surface area contributed by atoms with Crippen LogP contribution in [0.2, 0.25) is 0 Å². The van der Waals surface area contributed by atoms with Crippen molar-refractivity contribution in [1.29, 1.82) is 0 Å². The second-order valence-electron chi connectivity index (χ2n) is 4.12. The highest BCUT2D eigenvalue weighted by Gasteiger charge is 2.18. The first kappa shape index (κ1) is 13.8. The smallest absolute Gasteiger partial charge is 0.335 e. The van der Waals surface area contributed by atoms with Gasteiger partial charge in [0.25, 0.3) is 0 Å². The van der Waals surface area contributed by atoms with Crippen molar-refractivity contribution in [2.24, 2.45) is 0 Å². The van der Waals surface area contributed by atoms with Gasteiger partial charge in [-0.15, -0.1) is 11.3 Å². The van der Waals surface area contributed by atoms with Gasteiger partial charge < -0.3 is 5.11 Å². The van der Waals surface area contributed by atoms with E-state index in [9.17, 15) is 13.2 Å². The molecule has 0 aliphatic carbocycles. The van der Waals surface area contributed by atoms with Gasteiger partial charge in [-0.1, -0.05) is 12.1 Å². The maximum Gasteiger partial charge on any atom is 0.335 e. The van der Waals surface area contributed by atoms with E-state index in [1.807, 2.05) is 5.38 Å². The van der Waals surface area contributed by atoms with Crippen molar-refractivity contribution in [3.8, 4) is 0 Å². The molecule has 0 fully saturated rings. The summed E-state index contributed by atoms with van der Waals surface area (Å²) in [5, 5.41) is 10.8. The van der Waals surface area contributed by atoms with E-state index in [-0.39, 0.29) is 16.2 Å². The van der Waals surface area contributed by atoms with E-state index < -0.39 is 15.8 Å². The van der Waals surface area contributed by atoms with Crippen LogP contribution in [0.4, 0.5) is 0 Å². The lowest BCUT2D eigenvalue weighted by atomic mass is 10.1. The van der Waals surface area contributed by atoms with Crippen molar-refractivity contribution in [2.75, 3.05) is 0 Å². The zero-order valence-electron chi connectivity index (χ0n) is 10.2. The molecule has 0 atom stereocenters. The minimum absolute atomic E-state index is 0.0206. The normalized spacial score (nSPS) is 11.4. The third kappa shape index (κ3) is 3.02. The number of carboxylic acids is 1. The first-order chi connectivity index (χ1) is 8.90. The van der Waals surface area contributed by atoms with Crippen molar-refractivity contribution < 1.29 is 18.3 Å². The summed E-state index contributed by atoms with van der Waals surface area (Å²) in [5.74, 6) is -1.22. The maximum absolute atomic E-state index is 12.2. The van der Waals surface area contributed by atoms with Crippen LogP contribution < -0.4 is 0 Å². The Morgan fingerprint density at radius 3 is 2.63 bits per heavy atom. The molecule has 6 heteroatoms. The Morgan fingerprint density at radius 2 is 2.05 bits per heavy atom. The Bertz CT molecular complexity index is 700. The van der Waals surface area contributed by atoms with E-state index in [2.05, 4.69) is 0 Å². The van der Waals surface area contributed by atoms with Gasteiger partial charge in [0.05, 0.1) is 16.2 Å². The van der Waals surface area contributed by atoms with Crippen LogP contribution in [0.5, 0.6) is 0 Å². The van der Waals surface area contributed by atoms with E-state index >= 15 is 0 Å². The molecule has 0 radical (unpaired) electrons. The number of carboxylic acid groups (broad SMARTS) is 1. The Labute approximate surface area is 115 Å². The van der Waals surface area contributed by atoms with Crippen LogP contribution in [-0.4, -0.2) is 19.5 Å². The quantitative estimate of drug-likeness (QED) is 0.941. The molecule has 19 heavy (non-hydrogen) atoms. The molecule has 0 saturated heterocycles. The molecule has 1 heterocycles. The van der Waals surface area contributed by atoms with Gasteiger partial charge >= 0.3 is 5.97 Å². The van der Waals surface area contributed by atoms with Gasteiger partial charge in [0, 0.05) is 4.88 Å². The van der Waals surface area contributed by atoms with Crippen molar-refractivity contribution in [3.05, 3.63) is 51.7 Å². The SMILES string of the molecule is Cc1ccc(S(=O)(=O)Cc2cccs2)cc1C(=O)O. The molecular weight excluding hydrogens is 284 g/mol. The van der Waals surface area contributed by atoms with Crippen molar-refractivity contribution in [2.45, 2.75) is 17.6 Å². The molecule has 0 amide bonds. The van der Waals surface area contributed by atoms with Crippen LogP contribution in [0.25, 0.3) is 0 Å². The number of aromatic carboxylic acids is 1. The highest BCUT2D eigenvalue weighted by Crippen LogP contribution is 2.22. The summed E-state index contributed by atoms with van der Waals surface area (Å²) in [6.07, 6.45) is 0. The molecule has 4 nitrogen and oxygen atoms in total. The van der Waals surface area contributed by atoms with Gasteiger partial charge in [-0.05, 0) is 36.1 Å². The first-order valence-corrected chi connectivity index (χ1v) is 8.02. The van der Waals surface area contributed by atoms with E-state index in [1.54, 1.807) is 19.1 Å². The van der Waals surface area contributed by atoms with Crippen molar-refractivity contribution in [3.63, 3.8) is 0 Å². The van der Waals surface area contributed by atoms with Crippen molar-refractivity contribution in [1.82, 2.24) is 0 Å². The topological polar surface area (TPSA) is 71.4 Å². The second-order valence-corrected chi connectivity index (χ2v) is 7.14. The summed E-state index contributed by atoms with van der Waals surface area (Å²) in [6, 6.07) is 7.72. The molecule has 0 spiro atoms. The molecule has 1 aromatic carbocycles. The minimum atomic E-state index is -3.51. The number of rotatable bonds is 4. The predicted octanol–water partition coefficient (Wildman–Crippen LogP) is 2.73. The second kappa shape index (κ2) is 5.14. The van der Waals surface area contributed by atoms with Crippen LogP contribution >= 0.6 is 11.3 Å². The van der Waals surface area contributed by atoms with Gasteiger partial charge in [0.2, 0.25) is 0 Å². The Hall–Kier alpha value is -1.66. The predicted molar refractivity (Wildman–Crippen MR) is 73.3 cm³/mol. The number of thiophene rings is 1. The molecule has 0 saturated carbocycles. The van der Waals surface area contributed by atoms with Gasteiger partial charge in [-0.25, -0.2) is 13.2 Å². The third-order valence-electron chi connectivity index (χ3n) is 2.71. The van der Waals surface area contributed by atoms with Crippen molar-refractivity contribution >= 4 is 27.1 Å². The van der Waals surface area contributed by atoms with Crippen LogP contribution in [0, 0.1) is 6.92 Å². The number of carbonyl (C=O) groups is 1. The summed E-state index contributed by atoms with van der Waals surface area (Å²) in [6.45, 7) is 1.64.